The van der Waals surface area contributed by atoms with Crippen LogP contribution in [0.25, 0.3) is 0 Å². The molecule has 0 aliphatic heterocycles. The number of hydrogen-bond acceptors (Lipinski definition) is 3. The zero-order valence-corrected chi connectivity index (χ0v) is 11.4. The smallest absolute Gasteiger partial charge is 0.293 e. The van der Waals surface area contributed by atoms with Crippen LogP contribution in [0.15, 0.2) is 12.1 Å². The molecule has 0 spiro atoms. The average molecular weight is 301 g/mol. The average Bonchev–Trinajstić information content (AvgIpc) is 2.22. The summed E-state index contributed by atoms with van der Waals surface area (Å²) in [6.45, 7) is 5.29. The van der Waals surface area contributed by atoms with Gasteiger partial charge in [0.1, 0.15) is 5.69 Å². The van der Waals surface area contributed by atoms with E-state index in [0.29, 0.717) is 0 Å². The van der Waals surface area contributed by atoms with Gasteiger partial charge in [-0.2, -0.15) is 0 Å². The van der Waals surface area contributed by atoms with E-state index in [4.69, 9.17) is 0 Å². The van der Waals surface area contributed by atoms with Crippen molar-refractivity contribution < 1.29 is 9.72 Å². The molecule has 1 N–H and O–H groups in total. The number of amides is 1. The lowest BCUT2D eigenvalue weighted by Crippen LogP contribution is -2.20. The molecule has 0 fully saturated rings. The van der Waals surface area contributed by atoms with Crippen molar-refractivity contribution in [2.24, 2.45) is 0 Å². The van der Waals surface area contributed by atoms with Crippen molar-refractivity contribution in [2.75, 3.05) is 5.32 Å². The van der Waals surface area contributed by atoms with Gasteiger partial charge in [0.25, 0.3) is 5.69 Å². The second-order valence-corrected chi connectivity index (χ2v) is 5.19. The van der Waals surface area contributed by atoms with E-state index in [1.165, 1.54) is 6.07 Å². The molecule has 0 saturated carbocycles. The molecule has 0 aliphatic carbocycles. The van der Waals surface area contributed by atoms with Gasteiger partial charge in [0.15, 0.2) is 0 Å². The van der Waals surface area contributed by atoms with Gasteiger partial charge in [-0.3, -0.25) is 14.9 Å². The monoisotopic (exact) mass is 300 g/mol. The predicted molar refractivity (Wildman–Crippen MR) is 69.6 cm³/mol. The highest BCUT2D eigenvalue weighted by Gasteiger charge is 2.19. The lowest BCUT2D eigenvalue weighted by Gasteiger charge is -2.09. The maximum Gasteiger partial charge on any atom is 0.293 e. The molecule has 1 amide bonds. The summed E-state index contributed by atoms with van der Waals surface area (Å²) in [5.41, 5.74) is 1.86. The van der Waals surface area contributed by atoms with E-state index in [9.17, 15) is 14.9 Å². The van der Waals surface area contributed by atoms with Crippen molar-refractivity contribution in [1.82, 2.24) is 0 Å². The Bertz CT molecular complexity index is 472. The van der Waals surface area contributed by atoms with Crippen molar-refractivity contribution in [1.29, 1.82) is 0 Å². The number of nitro benzene ring substituents is 1. The fourth-order valence-corrected chi connectivity index (χ4v) is 1.40. The highest BCUT2D eigenvalue weighted by atomic mass is 79.9. The summed E-state index contributed by atoms with van der Waals surface area (Å²) >= 11 is 3.11. The number of rotatable bonds is 3. The molecule has 1 aromatic rings. The van der Waals surface area contributed by atoms with Crippen molar-refractivity contribution >= 4 is 33.2 Å². The van der Waals surface area contributed by atoms with Gasteiger partial charge in [-0.1, -0.05) is 15.9 Å². The van der Waals surface area contributed by atoms with E-state index in [1.54, 1.807) is 19.9 Å². The molecule has 0 saturated heterocycles. The number of alkyl halides is 1. The summed E-state index contributed by atoms with van der Waals surface area (Å²) < 4.78 is 0. The molecule has 0 heterocycles. The van der Waals surface area contributed by atoms with Crippen LogP contribution in [0.1, 0.15) is 18.1 Å². The molecule has 17 heavy (non-hydrogen) atoms. The second-order valence-electron chi connectivity index (χ2n) is 3.82. The van der Waals surface area contributed by atoms with E-state index in [0.717, 1.165) is 11.1 Å². The van der Waals surface area contributed by atoms with Crippen LogP contribution in [-0.2, 0) is 4.79 Å². The highest BCUT2D eigenvalue weighted by Crippen LogP contribution is 2.28. The molecule has 0 aliphatic rings. The second kappa shape index (κ2) is 5.27. The number of nitrogens with zero attached hydrogens (tertiary/aromatic N) is 1. The van der Waals surface area contributed by atoms with Crippen LogP contribution in [-0.4, -0.2) is 15.7 Å². The third kappa shape index (κ3) is 3.26. The molecule has 1 aromatic carbocycles. The zero-order chi connectivity index (χ0) is 13.2. The molecule has 92 valence electrons. The molecular weight excluding hydrogens is 288 g/mol. The Morgan fingerprint density at radius 1 is 1.41 bits per heavy atom. The molecular formula is C11H13BrN2O3. The largest absolute Gasteiger partial charge is 0.319 e. The Balaban J connectivity index is 3.17. The number of halogens is 1. The molecule has 1 unspecified atom stereocenters. The van der Waals surface area contributed by atoms with Gasteiger partial charge in [-0.05, 0) is 38.0 Å². The standard InChI is InChI=1S/C11H13BrN2O3/c1-6-4-9(13-11(15)8(3)12)10(14(16)17)5-7(6)2/h4-5,8H,1-3H3,(H,13,15). The molecule has 0 bridgehead atoms. The molecule has 0 aromatic heterocycles. The highest BCUT2D eigenvalue weighted by molar-refractivity contribution is 9.10. The maximum absolute atomic E-state index is 11.5. The number of carbonyl (C=O) groups excluding carboxylic acids is 1. The minimum atomic E-state index is -0.499. The number of hydrogen-bond donors (Lipinski definition) is 1. The van der Waals surface area contributed by atoms with Crippen LogP contribution >= 0.6 is 15.9 Å². The Hall–Kier alpha value is -1.43. The first kappa shape index (κ1) is 13.6. The Labute approximate surface area is 107 Å². The first-order chi connectivity index (χ1) is 7.82. The number of nitro groups is 1. The lowest BCUT2D eigenvalue weighted by atomic mass is 10.1. The summed E-state index contributed by atoms with van der Waals surface area (Å²) in [6, 6.07) is 3.07. The SMILES string of the molecule is Cc1cc(NC(=O)C(C)Br)c([N+](=O)[O-])cc1C. The topological polar surface area (TPSA) is 72.2 Å². The fraction of sp³-hybridized carbons (Fsp3) is 0.364. The Morgan fingerprint density at radius 2 is 1.94 bits per heavy atom. The fourth-order valence-electron chi connectivity index (χ4n) is 1.28. The van der Waals surface area contributed by atoms with Crippen molar-refractivity contribution in [3.05, 3.63) is 33.4 Å². The number of nitrogens with one attached hydrogen (secondary N) is 1. The van der Waals surface area contributed by atoms with Crippen LogP contribution < -0.4 is 5.32 Å². The number of aryl methyl sites for hydroxylation is 2. The van der Waals surface area contributed by atoms with Gasteiger partial charge in [-0.25, -0.2) is 0 Å². The maximum atomic E-state index is 11.5. The summed E-state index contributed by atoms with van der Waals surface area (Å²) in [5, 5.41) is 13.4. The van der Waals surface area contributed by atoms with Crippen molar-refractivity contribution in [2.45, 2.75) is 25.6 Å². The van der Waals surface area contributed by atoms with E-state index in [-0.39, 0.29) is 17.3 Å². The van der Waals surface area contributed by atoms with Crippen LogP contribution in [0, 0.1) is 24.0 Å². The normalized spacial score (nSPS) is 12.0. The third-order valence-corrected chi connectivity index (χ3v) is 2.84. The lowest BCUT2D eigenvalue weighted by molar-refractivity contribution is -0.384. The predicted octanol–water partition coefficient (Wildman–Crippen LogP) is 2.93. The molecule has 5 nitrogen and oxygen atoms in total. The van der Waals surface area contributed by atoms with Gasteiger partial charge < -0.3 is 5.32 Å². The number of anilines is 1. The van der Waals surface area contributed by atoms with Gasteiger partial charge in [0, 0.05) is 6.07 Å². The van der Waals surface area contributed by atoms with Gasteiger partial charge in [0.05, 0.1) is 9.75 Å². The zero-order valence-electron chi connectivity index (χ0n) is 9.78. The van der Waals surface area contributed by atoms with Gasteiger partial charge >= 0.3 is 0 Å². The molecule has 1 atom stereocenters. The quantitative estimate of drug-likeness (QED) is 0.530. The van der Waals surface area contributed by atoms with Crippen LogP contribution in [0.4, 0.5) is 11.4 Å². The minimum Gasteiger partial charge on any atom is -0.319 e. The van der Waals surface area contributed by atoms with Gasteiger partial charge in [-0.15, -0.1) is 0 Å². The van der Waals surface area contributed by atoms with E-state index in [2.05, 4.69) is 21.2 Å². The Morgan fingerprint density at radius 3 is 2.41 bits per heavy atom. The Kier molecular flexibility index (Phi) is 4.22. The first-order valence-corrected chi connectivity index (χ1v) is 5.95. The summed E-state index contributed by atoms with van der Waals surface area (Å²) in [6.07, 6.45) is 0. The molecule has 0 radical (unpaired) electrons. The van der Waals surface area contributed by atoms with Crippen LogP contribution in [0.3, 0.4) is 0 Å². The van der Waals surface area contributed by atoms with Crippen LogP contribution in [0.5, 0.6) is 0 Å². The van der Waals surface area contributed by atoms with Crippen molar-refractivity contribution in [3.8, 4) is 0 Å². The summed E-state index contributed by atoms with van der Waals surface area (Å²) in [5.74, 6) is -0.309. The summed E-state index contributed by atoms with van der Waals surface area (Å²) in [7, 11) is 0. The third-order valence-electron chi connectivity index (χ3n) is 2.43. The van der Waals surface area contributed by atoms with Crippen molar-refractivity contribution in [3.63, 3.8) is 0 Å². The minimum absolute atomic E-state index is 0.0883. The van der Waals surface area contributed by atoms with E-state index in [1.807, 2.05) is 6.92 Å². The molecule has 1 rings (SSSR count). The summed E-state index contributed by atoms with van der Waals surface area (Å²) in [4.78, 5) is 21.5. The van der Waals surface area contributed by atoms with Gasteiger partial charge in [0.2, 0.25) is 5.91 Å². The van der Waals surface area contributed by atoms with E-state index >= 15 is 0 Å². The number of benzene rings is 1. The van der Waals surface area contributed by atoms with E-state index < -0.39 is 9.75 Å². The number of carbonyl (C=O) groups is 1. The first-order valence-electron chi connectivity index (χ1n) is 5.03. The van der Waals surface area contributed by atoms with Crippen LogP contribution in [0.2, 0.25) is 0 Å². The molecule has 6 heteroatoms.